The van der Waals surface area contributed by atoms with Crippen LogP contribution in [0.4, 0.5) is 0 Å². The highest BCUT2D eigenvalue weighted by Crippen LogP contribution is 2.14. The molecule has 4 nitrogen and oxygen atoms in total. The van der Waals surface area contributed by atoms with Crippen molar-refractivity contribution < 1.29 is 19.1 Å². The highest BCUT2D eigenvalue weighted by molar-refractivity contribution is 5.76. The van der Waals surface area contributed by atoms with Crippen LogP contribution in [0.3, 0.4) is 0 Å². The van der Waals surface area contributed by atoms with Gasteiger partial charge in [-0.05, 0) is 27.7 Å². The van der Waals surface area contributed by atoms with E-state index in [4.69, 9.17) is 4.74 Å². The fourth-order valence-corrected chi connectivity index (χ4v) is 0.677. The Balaban J connectivity index is 3.65. The van der Waals surface area contributed by atoms with Gasteiger partial charge < -0.3 is 9.47 Å². The summed E-state index contributed by atoms with van der Waals surface area (Å²) in [4.78, 5) is 22.1. The van der Waals surface area contributed by atoms with Crippen molar-refractivity contribution in [3.63, 3.8) is 0 Å². The van der Waals surface area contributed by atoms with E-state index in [-0.39, 0.29) is 25.0 Å². The first kappa shape index (κ1) is 12.9. The monoisotopic (exact) mass is 202 g/mol. The zero-order valence-electron chi connectivity index (χ0n) is 9.25. The maximum Gasteiger partial charge on any atom is 0.311 e. The largest absolute Gasteiger partial charge is 0.466 e. The van der Waals surface area contributed by atoms with Gasteiger partial charge in [0.05, 0.1) is 18.4 Å². The Morgan fingerprint density at radius 2 is 1.71 bits per heavy atom. The lowest BCUT2D eigenvalue weighted by Crippen LogP contribution is -2.24. The molecule has 0 N–H and O–H groups in total. The van der Waals surface area contributed by atoms with Crippen molar-refractivity contribution in [3.05, 3.63) is 0 Å². The van der Waals surface area contributed by atoms with Crippen LogP contribution < -0.4 is 0 Å². The summed E-state index contributed by atoms with van der Waals surface area (Å²) in [5.41, 5.74) is -0.519. The molecule has 0 aliphatic rings. The Labute approximate surface area is 84.6 Å². The number of hydrogen-bond acceptors (Lipinski definition) is 4. The number of esters is 2. The smallest absolute Gasteiger partial charge is 0.311 e. The molecule has 0 spiro atoms. The summed E-state index contributed by atoms with van der Waals surface area (Å²) in [6, 6.07) is 0. The van der Waals surface area contributed by atoms with Crippen molar-refractivity contribution in [3.8, 4) is 0 Å². The average Bonchev–Trinajstić information content (AvgIpc) is 2.02. The second kappa shape index (κ2) is 5.62. The number of carbonyl (C=O) groups is 2. The van der Waals surface area contributed by atoms with Gasteiger partial charge in [0.2, 0.25) is 0 Å². The standard InChI is InChI=1S/C10H18O4/c1-5-13-8(11)6-7-14-9(12)10(2,3)4/h5-7H2,1-4H3. The molecule has 4 heteroatoms. The second-order valence-electron chi connectivity index (χ2n) is 3.94. The average molecular weight is 202 g/mol. The van der Waals surface area contributed by atoms with Crippen LogP contribution in [0.5, 0.6) is 0 Å². The third-order valence-electron chi connectivity index (χ3n) is 1.46. The van der Waals surface area contributed by atoms with Gasteiger partial charge in [-0.1, -0.05) is 0 Å². The first-order valence-electron chi connectivity index (χ1n) is 4.70. The summed E-state index contributed by atoms with van der Waals surface area (Å²) >= 11 is 0. The summed E-state index contributed by atoms with van der Waals surface area (Å²) in [5.74, 6) is -0.643. The van der Waals surface area contributed by atoms with Gasteiger partial charge >= 0.3 is 11.9 Å². The van der Waals surface area contributed by atoms with Crippen LogP contribution in [0.1, 0.15) is 34.1 Å². The Morgan fingerprint density at radius 1 is 1.14 bits per heavy atom. The third kappa shape index (κ3) is 5.56. The molecular weight excluding hydrogens is 184 g/mol. The normalized spacial score (nSPS) is 10.9. The fourth-order valence-electron chi connectivity index (χ4n) is 0.677. The van der Waals surface area contributed by atoms with Gasteiger partial charge in [0, 0.05) is 0 Å². The van der Waals surface area contributed by atoms with E-state index < -0.39 is 5.41 Å². The summed E-state index contributed by atoms with van der Waals surface area (Å²) in [5, 5.41) is 0. The van der Waals surface area contributed by atoms with E-state index in [2.05, 4.69) is 4.74 Å². The zero-order chi connectivity index (χ0) is 11.2. The van der Waals surface area contributed by atoms with Crippen LogP contribution in [0.2, 0.25) is 0 Å². The van der Waals surface area contributed by atoms with Crippen LogP contribution in [-0.2, 0) is 19.1 Å². The predicted octanol–water partition coefficient (Wildman–Crippen LogP) is 1.53. The molecule has 14 heavy (non-hydrogen) atoms. The molecule has 0 bridgehead atoms. The van der Waals surface area contributed by atoms with Crippen molar-refractivity contribution in [1.82, 2.24) is 0 Å². The Kier molecular flexibility index (Phi) is 5.20. The molecule has 0 unspecified atom stereocenters. The van der Waals surface area contributed by atoms with E-state index in [9.17, 15) is 9.59 Å². The van der Waals surface area contributed by atoms with Crippen LogP contribution in [0.15, 0.2) is 0 Å². The molecule has 0 aliphatic heterocycles. The van der Waals surface area contributed by atoms with Crippen LogP contribution in [-0.4, -0.2) is 25.2 Å². The highest BCUT2D eigenvalue weighted by Gasteiger charge is 2.22. The minimum atomic E-state index is -0.519. The Bertz CT molecular complexity index is 203. The van der Waals surface area contributed by atoms with Gasteiger partial charge in [-0.15, -0.1) is 0 Å². The Morgan fingerprint density at radius 3 is 2.14 bits per heavy atom. The first-order valence-corrected chi connectivity index (χ1v) is 4.70. The number of carbonyl (C=O) groups excluding carboxylic acids is 2. The lowest BCUT2D eigenvalue weighted by Gasteiger charge is -2.16. The minimum absolute atomic E-state index is 0.0922. The van der Waals surface area contributed by atoms with Crippen molar-refractivity contribution in [2.24, 2.45) is 5.41 Å². The molecule has 0 aromatic rings. The summed E-state index contributed by atoms with van der Waals surface area (Å²) in [6.07, 6.45) is 0.121. The molecule has 0 heterocycles. The molecule has 0 rings (SSSR count). The molecule has 0 fully saturated rings. The number of hydrogen-bond donors (Lipinski definition) is 0. The fraction of sp³-hybridized carbons (Fsp3) is 0.800. The quantitative estimate of drug-likeness (QED) is 0.649. The van der Waals surface area contributed by atoms with E-state index in [0.29, 0.717) is 6.61 Å². The van der Waals surface area contributed by atoms with E-state index in [1.807, 2.05) is 0 Å². The number of rotatable bonds is 4. The minimum Gasteiger partial charge on any atom is -0.466 e. The molecule has 0 amide bonds. The summed E-state index contributed by atoms with van der Waals surface area (Å²) in [6.45, 7) is 7.47. The van der Waals surface area contributed by atoms with Crippen molar-refractivity contribution in [2.75, 3.05) is 13.2 Å². The maximum absolute atomic E-state index is 11.2. The van der Waals surface area contributed by atoms with Crippen LogP contribution in [0, 0.1) is 5.41 Å². The number of ether oxygens (including phenoxy) is 2. The molecule has 0 saturated heterocycles. The summed E-state index contributed by atoms with van der Waals surface area (Å²) in [7, 11) is 0. The molecule has 0 radical (unpaired) electrons. The maximum atomic E-state index is 11.2. The lowest BCUT2D eigenvalue weighted by atomic mass is 9.97. The van der Waals surface area contributed by atoms with Gasteiger partial charge in [0.15, 0.2) is 0 Å². The third-order valence-corrected chi connectivity index (χ3v) is 1.46. The predicted molar refractivity (Wildman–Crippen MR) is 51.7 cm³/mol. The molecule has 0 saturated carbocycles. The van der Waals surface area contributed by atoms with E-state index in [0.717, 1.165) is 0 Å². The molecular formula is C10H18O4. The van der Waals surface area contributed by atoms with Crippen molar-refractivity contribution in [1.29, 1.82) is 0 Å². The first-order chi connectivity index (χ1) is 6.38. The topological polar surface area (TPSA) is 52.6 Å². The highest BCUT2D eigenvalue weighted by atomic mass is 16.5. The summed E-state index contributed by atoms with van der Waals surface area (Å²) < 4.78 is 9.56. The molecule has 0 aromatic heterocycles. The van der Waals surface area contributed by atoms with Crippen molar-refractivity contribution in [2.45, 2.75) is 34.1 Å². The van der Waals surface area contributed by atoms with E-state index in [1.165, 1.54) is 0 Å². The van der Waals surface area contributed by atoms with Crippen molar-refractivity contribution >= 4 is 11.9 Å². The molecule has 82 valence electrons. The zero-order valence-corrected chi connectivity index (χ0v) is 9.25. The van der Waals surface area contributed by atoms with Gasteiger partial charge in [-0.3, -0.25) is 9.59 Å². The van der Waals surface area contributed by atoms with Gasteiger partial charge in [-0.2, -0.15) is 0 Å². The van der Waals surface area contributed by atoms with Crippen LogP contribution in [0.25, 0.3) is 0 Å². The van der Waals surface area contributed by atoms with Gasteiger partial charge in [0.25, 0.3) is 0 Å². The molecule has 0 aromatic carbocycles. The SMILES string of the molecule is CCOC(=O)CCOC(=O)C(C)(C)C. The van der Waals surface area contributed by atoms with Crippen LogP contribution >= 0.6 is 0 Å². The van der Waals surface area contributed by atoms with Gasteiger partial charge in [0.1, 0.15) is 6.61 Å². The Hall–Kier alpha value is -1.06. The second-order valence-corrected chi connectivity index (χ2v) is 3.94. The molecule has 0 atom stereocenters. The van der Waals surface area contributed by atoms with E-state index >= 15 is 0 Å². The molecule has 0 aliphatic carbocycles. The van der Waals surface area contributed by atoms with E-state index in [1.54, 1.807) is 27.7 Å². The van der Waals surface area contributed by atoms with Gasteiger partial charge in [-0.25, -0.2) is 0 Å². The lowest BCUT2D eigenvalue weighted by molar-refractivity contribution is -0.155.